The molecule has 1 aliphatic rings. The van der Waals surface area contributed by atoms with Crippen molar-refractivity contribution in [1.82, 2.24) is 10.3 Å². The fourth-order valence-electron chi connectivity index (χ4n) is 2.53. The van der Waals surface area contributed by atoms with Gasteiger partial charge in [0.15, 0.2) is 0 Å². The summed E-state index contributed by atoms with van der Waals surface area (Å²) in [6.45, 7) is 2.18. The van der Waals surface area contributed by atoms with E-state index >= 15 is 0 Å². The van der Waals surface area contributed by atoms with Gasteiger partial charge in [0.25, 0.3) is 0 Å². The van der Waals surface area contributed by atoms with Crippen LogP contribution in [0.3, 0.4) is 0 Å². The summed E-state index contributed by atoms with van der Waals surface area (Å²) in [4.78, 5) is 29.2. The molecule has 0 spiro atoms. The molecule has 0 bridgehead atoms. The van der Waals surface area contributed by atoms with Crippen LogP contribution in [0.1, 0.15) is 24.1 Å². The number of aromatic nitrogens is 1. The van der Waals surface area contributed by atoms with Crippen molar-refractivity contribution in [3.63, 3.8) is 0 Å². The first kappa shape index (κ1) is 16.5. The standard InChI is InChI=1S/C18H18ClN3O2/c1-12-10-13(19)5-6-15(12)22-17(24)18(7-8-18)16(23)21-11-14-4-2-3-9-20-14/h2-6,9-10H,7-8,11H2,1H3,(H,21,23)(H,22,24). The number of aryl methyl sites for hydroxylation is 1. The molecule has 5 nitrogen and oxygen atoms in total. The van der Waals surface area contributed by atoms with Crippen LogP contribution in [0.25, 0.3) is 0 Å². The number of anilines is 1. The molecule has 2 aromatic rings. The Hall–Kier alpha value is -2.40. The summed E-state index contributed by atoms with van der Waals surface area (Å²) in [5.74, 6) is -0.524. The topological polar surface area (TPSA) is 71.1 Å². The predicted octanol–water partition coefficient (Wildman–Crippen LogP) is 3.08. The molecule has 0 radical (unpaired) electrons. The van der Waals surface area contributed by atoms with Crippen molar-refractivity contribution >= 4 is 29.1 Å². The fourth-order valence-corrected chi connectivity index (χ4v) is 2.76. The smallest absolute Gasteiger partial charge is 0.240 e. The molecule has 124 valence electrons. The lowest BCUT2D eigenvalue weighted by atomic mass is 10.0. The maximum Gasteiger partial charge on any atom is 0.240 e. The van der Waals surface area contributed by atoms with Crippen LogP contribution in [0.15, 0.2) is 42.6 Å². The summed E-state index contributed by atoms with van der Waals surface area (Å²) >= 11 is 5.92. The molecule has 1 heterocycles. The number of carbonyl (C=O) groups is 2. The molecule has 1 aromatic carbocycles. The summed E-state index contributed by atoms with van der Waals surface area (Å²) in [7, 11) is 0. The van der Waals surface area contributed by atoms with Gasteiger partial charge < -0.3 is 10.6 Å². The lowest BCUT2D eigenvalue weighted by molar-refractivity contribution is -0.134. The first-order valence-electron chi connectivity index (χ1n) is 7.77. The van der Waals surface area contributed by atoms with Gasteiger partial charge in [-0.2, -0.15) is 0 Å². The van der Waals surface area contributed by atoms with Crippen molar-refractivity contribution in [3.05, 3.63) is 58.9 Å². The van der Waals surface area contributed by atoms with Gasteiger partial charge in [0.2, 0.25) is 11.8 Å². The number of nitrogens with zero attached hydrogens (tertiary/aromatic N) is 1. The second kappa shape index (κ2) is 6.61. The summed E-state index contributed by atoms with van der Waals surface area (Å²) in [6, 6.07) is 10.7. The van der Waals surface area contributed by atoms with E-state index in [1.165, 1.54) is 0 Å². The number of carbonyl (C=O) groups excluding carboxylic acids is 2. The molecule has 2 amide bonds. The van der Waals surface area contributed by atoms with E-state index in [0.717, 1.165) is 11.3 Å². The van der Waals surface area contributed by atoms with Gasteiger partial charge in [-0.3, -0.25) is 14.6 Å². The van der Waals surface area contributed by atoms with Crippen LogP contribution in [-0.2, 0) is 16.1 Å². The highest BCUT2D eigenvalue weighted by molar-refractivity contribution is 6.30. The lowest BCUT2D eigenvalue weighted by Gasteiger charge is -2.16. The molecule has 1 fully saturated rings. The monoisotopic (exact) mass is 343 g/mol. The molecule has 24 heavy (non-hydrogen) atoms. The van der Waals surface area contributed by atoms with Crippen LogP contribution >= 0.6 is 11.6 Å². The minimum Gasteiger partial charge on any atom is -0.350 e. The zero-order valence-corrected chi connectivity index (χ0v) is 14.1. The van der Waals surface area contributed by atoms with Gasteiger partial charge in [-0.05, 0) is 55.7 Å². The molecule has 6 heteroatoms. The average molecular weight is 344 g/mol. The molecule has 1 saturated carbocycles. The Labute approximate surface area is 145 Å². The first-order valence-corrected chi connectivity index (χ1v) is 8.15. The van der Waals surface area contributed by atoms with Gasteiger partial charge in [-0.25, -0.2) is 0 Å². The molecular weight excluding hydrogens is 326 g/mol. The number of amides is 2. The van der Waals surface area contributed by atoms with Gasteiger partial charge in [0.05, 0.1) is 12.2 Å². The molecule has 1 aliphatic carbocycles. The van der Waals surface area contributed by atoms with Crippen molar-refractivity contribution in [2.45, 2.75) is 26.3 Å². The molecule has 0 aliphatic heterocycles. The number of rotatable bonds is 5. The zero-order chi connectivity index (χ0) is 17.2. The normalized spacial score (nSPS) is 14.8. The van der Waals surface area contributed by atoms with Crippen molar-refractivity contribution in [3.8, 4) is 0 Å². The second-order valence-corrected chi connectivity index (χ2v) is 6.44. The Morgan fingerprint density at radius 3 is 2.62 bits per heavy atom. The highest BCUT2D eigenvalue weighted by Gasteiger charge is 2.56. The van der Waals surface area contributed by atoms with Gasteiger partial charge in [0.1, 0.15) is 5.41 Å². The van der Waals surface area contributed by atoms with E-state index in [9.17, 15) is 9.59 Å². The first-order chi connectivity index (χ1) is 11.5. The number of halogens is 1. The third kappa shape index (κ3) is 3.41. The Morgan fingerprint density at radius 2 is 2.00 bits per heavy atom. The van der Waals surface area contributed by atoms with Gasteiger partial charge in [-0.1, -0.05) is 17.7 Å². The van der Waals surface area contributed by atoms with Crippen molar-refractivity contribution in [2.24, 2.45) is 5.41 Å². The van der Waals surface area contributed by atoms with Crippen molar-refractivity contribution in [1.29, 1.82) is 0 Å². The Balaban J connectivity index is 1.64. The summed E-state index contributed by atoms with van der Waals surface area (Å²) in [6.07, 6.45) is 2.78. The number of hydrogen-bond acceptors (Lipinski definition) is 3. The van der Waals surface area contributed by atoms with Crippen LogP contribution in [-0.4, -0.2) is 16.8 Å². The quantitative estimate of drug-likeness (QED) is 0.819. The van der Waals surface area contributed by atoms with E-state index in [1.807, 2.05) is 25.1 Å². The maximum atomic E-state index is 12.6. The van der Waals surface area contributed by atoms with Crippen LogP contribution in [0.5, 0.6) is 0 Å². The molecule has 1 aromatic heterocycles. The Kier molecular flexibility index (Phi) is 4.53. The van der Waals surface area contributed by atoms with E-state index < -0.39 is 5.41 Å². The molecule has 3 rings (SSSR count). The molecule has 0 unspecified atom stereocenters. The summed E-state index contributed by atoms with van der Waals surface area (Å²) < 4.78 is 0. The minimum atomic E-state index is -0.971. The summed E-state index contributed by atoms with van der Waals surface area (Å²) in [5, 5.41) is 6.26. The van der Waals surface area contributed by atoms with Gasteiger partial charge in [0, 0.05) is 16.9 Å². The fraction of sp³-hybridized carbons (Fsp3) is 0.278. The van der Waals surface area contributed by atoms with Crippen LogP contribution in [0, 0.1) is 12.3 Å². The third-order valence-corrected chi connectivity index (χ3v) is 4.45. The SMILES string of the molecule is Cc1cc(Cl)ccc1NC(=O)C1(C(=O)NCc2ccccn2)CC1. The Morgan fingerprint density at radius 1 is 1.21 bits per heavy atom. The van der Waals surface area contributed by atoms with E-state index in [-0.39, 0.29) is 11.8 Å². The zero-order valence-electron chi connectivity index (χ0n) is 13.3. The molecular formula is C18H18ClN3O2. The minimum absolute atomic E-state index is 0.253. The number of hydrogen-bond donors (Lipinski definition) is 2. The van der Waals surface area contributed by atoms with Crippen LogP contribution in [0.2, 0.25) is 5.02 Å². The Bertz CT molecular complexity index is 773. The molecule has 0 saturated heterocycles. The third-order valence-electron chi connectivity index (χ3n) is 4.21. The van der Waals surface area contributed by atoms with Crippen molar-refractivity contribution in [2.75, 3.05) is 5.32 Å². The average Bonchev–Trinajstić information content (AvgIpc) is 3.38. The van der Waals surface area contributed by atoms with Gasteiger partial charge in [-0.15, -0.1) is 0 Å². The van der Waals surface area contributed by atoms with E-state index in [1.54, 1.807) is 24.4 Å². The van der Waals surface area contributed by atoms with E-state index in [4.69, 9.17) is 11.6 Å². The number of pyridine rings is 1. The van der Waals surface area contributed by atoms with Crippen LogP contribution in [0.4, 0.5) is 5.69 Å². The lowest BCUT2D eigenvalue weighted by Crippen LogP contribution is -2.39. The van der Waals surface area contributed by atoms with Crippen molar-refractivity contribution < 1.29 is 9.59 Å². The van der Waals surface area contributed by atoms with Crippen LogP contribution < -0.4 is 10.6 Å². The molecule has 0 atom stereocenters. The van der Waals surface area contributed by atoms with E-state index in [0.29, 0.717) is 30.1 Å². The largest absolute Gasteiger partial charge is 0.350 e. The number of nitrogens with one attached hydrogen (secondary N) is 2. The highest BCUT2D eigenvalue weighted by atomic mass is 35.5. The predicted molar refractivity (Wildman–Crippen MR) is 92.6 cm³/mol. The number of benzene rings is 1. The summed E-state index contributed by atoms with van der Waals surface area (Å²) in [5.41, 5.74) is 1.32. The van der Waals surface area contributed by atoms with Gasteiger partial charge >= 0.3 is 0 Å². The highest BCUT2D eigenvalue weighted by Crippen LogP contribution is 2.47. The maximum absolute atomic E-state index is 12.6. The van der Waals surface area contributed by atoms with E-state index in [2.05, 4.69) is 15.6 Å². The second-order valence-electron chi connectivity index (χ2n) is 6.00. The molecule has 2 N–H and O–H groups in total.